The lowest BCUT2D eigenvalue weighted by atomic mass is 10.0. The van der Waals surface area contributed by atoms with Gasteiger partial charge in [-0.2, -0.15) is 5.10 Å². The predicted molar refractivity (Wildman–Crippen MR) is 91.4 cm³/mol. The van der Waals surface area contributed by atoms with Crippen molar-refractivity contribution in [2.24, 2.45) is 5.92 Å². The highest BCUT2D eigenvalue weighted by Crippen LogP contribution is 2.39. The van der Waals surface area contributed by atoms with Crippen LogP contribution in [0.15, 0.2) is 18.2 Å². The zero-order valence-corrected chi connectivity index (χ0v) is 15.1. The maximum Gasteiger partial charge on any atom is 0.162 e. The van der Waals surface area contributed by atoms with E-state index in [1.807, 2.05) is 6.79 Å². The van der Waals surface area contributed by atoms with Gasteiger partial charge in [0, 0.05) is 19.6 Å². The van der Waals surface area contributed by atoms with Crippen molar-refractivity contribution in [1.82, 2.24) is 14.8 Å². The Morgan fingerprint density at radius 2 is 1.65 bits per heavy atom. The maximum atomic E-state index is 13.8. The molecule has 2 atom stereocenters. The van der Waals surface area contributed by atoms with Crippen molar-refractivity contribution in [1.29, 1.82) is 0 Å². The van der Waals surface area contributed by atoms with Crippen LogP contribution in [-0.4, -0.2) is 33.8 Å². The smallest absolute Gasteiger partial charge is 0.162 e. The first-order chi connectivity index (χ1) is 12.4. The molecule has 2 heterocycles. The summed E-state index contributed by atoms with van der Waals surface area (Å²) in [7, 11) is 1.00. The normalized spacial score (nSPS) is 19.8. The molecule has 1 aliphatic heterocycles. The minimum absolute atomic E-state index is 0.110. The Balaban J connectivity index is 0.000000359. The molecular weight excluding hydrogens is 347 g/mol. The van der Waals surface area contributed by atoms with Gasteiger partial charge in [-0.3, -0.25) is 0 Å². The molecule has 4 rings (SSSR count). The number of carbonyl (C=O) groups excluding carboxylic acids is 1. The van der Waals surface area contributed by atoms with Crippen molar-refractivity contribution in [3.63, 3.8) is 0 Å². The van der Waals surface area contributed by atoms with Crippen LogP contribution in [0.4, 0.5) is 13.2 Å². The molecule has 1 aromatic heterocycles. The van der Waals surface area contributed by atoms with Crippen molar-refractivity contribution in [2.45, 2.75) is 45.3 Å². The summed E-state index contributed by atoms with van der Waals surface area (Å²) >= 11 is 0. The van der Waals surface area contributed by atoms with Crippen LogP contribution >= 0.6 is 0 Å². The first kappa shape index (κ1) is 21.8. The van der Waals surface area contributed by atoms with Crippen LogP contribution in [0.5, 0.6) is 0 Å². The number of benzene rings is 1. The van der Waals surface area contributed by atoms with Gasteiger partial charge in [0.25, 0.3) is 0 Å². The molecule has 0 radical (unpaired) electrons. The Morgan fingerprint density at radius 3 is 2.12 bits per heavy atom. The number of nitrogens with zero attached hydrogens (tertiary/aromatic N) is 3. The quantitative estimate of drug-likeness (QED) is 0.830. The van der Waals surface area contributed by atoms with Gasteiger partial charge in [-0.25, -0.2) is 22.8 Å². The van der Waals surface area contributed by atoms with E-state index in [-0.39, 0.29) is 12.2 Å². The molecule has 1 aliphatic carbocycles. The molecule has 1 fully saturated rings. The zero-order chi connectivity index (χ0) is 19.9. The van der Waals surface area contributed by atoms with Crippen LogP contribution in [0.25, 0.3) is 0 Å². The second-order valence-corrected chi connectivity index (χ2v) is 6.07. The van der Waals surface area contributed by atoms with Crippen LogP contribution in [0.2, 0.25) is 0 Å². The number of hydrogen-bond donors (Lipinski definition) is 1. The highest BCUT2D eigenvalue weighted by Gasteiger charge is 2.35. The molecule has 1 N–H and O–H groups in total. The fraction of sp³-hybridized carbons (Fsp3) is 0.500. The van der Waals surface area contributed by atoms with E-state index >= 15 is 0 Å². The molecule has 0 unspecified atom stereocenters. The fourth-order valence-electron chi connectivity index (χ4n) is 2.50. The molecule has 26 heavy (non-hydrogen) atoms. The van der Waals surface area contributed by atoms with E-state index < -0.39 is 23.8 Å². The largest absolute Gasteiger partial charge is 0.400 e. The molecule has 0 bridgehead atoms. The molecule has 0 spiro atoms. The van der Waals surface area contributed by atoms with E-state index in [2.05, 4.69) is 17.0 Å². The molecule has 2 aromatic rings. The Bertz CT molecular complexity index is 685. The molecule has 8 heteroatoms. The minimum Gasteiger partial charge on any atom is -0.400 e. The third kappa shape index (κ3) is 5.66. The number of rotatable bonds is 1. The summed E-state index contributed by atoms with van der Waals surface area (Å²) in [6, 6.07) is 2.69. The van der Waals surface area contributed by atoms with Gasteiger partial charge in [-0.05, 0) is 30.5 Å². The lowest BCUT2D eigenvalue weighted by Crippen LogP contribution is -2.08. The first-order valence-corrected chi connectivity index (χ1v) is 8.20. The second-order valence-electron chi connectivity index (χ2n) is 6.07. The van der Waals surface area contributed by atoms with Crippen LogP contribution in [0.3, 0.4) is 0 Å². The van der Waals surface area contributed by atoms with Crippen LogP contribution in [-0.2, 0) is 4.79 Å². The van der Waals surface area contributed by atoms with E-state index in [4.69, 9.17) is 9.90 Å². The maximum absolute atomic E-state index is 13.8. The lowest BCUT2D eigenvalue weighted by Gasteiger charge is -2.11. The lowest BCUT2D eigenvalue weighted by molar-refractivity contribution is -0.0979. The molecule has 1 aromatic carbocycles. The Morgan fingerprint density at radius 1 is 1.15 bits per heavy atom. The Kier molecular flexibility index (Phi) is 8.44. The van der Waals surface area contributed by atoms with Gasteiger partial charge in [-0.1, -0.05) is 19.8 Å². The monoisotopic (exact) mass is 371 g/mol. The topological polar surface area (TPSA) is 68.0 Å². The first-order valence-electron chi connectivity index (χ1n) is 8.20. The van der Waals surface area contributed by atoms with Crippen LogP contribution in [0, 0.1) is 24.5 Å². The number of aromatic nitrogens is 3. The number of alkyl halides is 1. The van der Waals surface area contributed by atoms with Gasteiger partial charge in [0.2, 0.25) is 0 Å². The summed E-state index contributed by atoms with van der Waals surface area (Å²) in [6.45, 7) is 5.93. The SMILES string of the molecule is C=O.CC1CC1.CO.Cc1nc2n(n1)[C@H](c1cc(F)cc(F)c1)C[C@@H]2F. The summed E-state index contributed by atoms with van der Waals surface area (Å²) in [4.78, 5) is 12.0. The van der Waals surface area contributed by atoms with Crippen molar-refractivity contribution in [3.05, 3.63) is 47.0 Å². The molecular formula is C18H24F3N3O2. The highest BCUT2D eigenvalue weighted by molar-refractivity contribution is 5.25. The second kappa shape index (κ2) is 10.1. The summed E-state index contributed by atoms with van der Waals surface area (Å²) < 4.78 is 41.5. The standard InChI is InChI=1S/C12H10F3N3.C4H8.CH4O.CH2O/c1-6-16-12-10(15)5-11(18(12)17-6)7-2-8(13)4-9(14)3-7;1-4-2-3-4;2*1-2/h2-4,10-11H,5H2,1H3;4H,2-3H2,1H3;2H,1H3;1H2/t10-,11-;;;/m0.../s1. The van der Waals surface area contributed by atoms with Gasteiger partial charge >= 0.3 is 0 Å². The number of carbonyl (C=O) groups is 1. The van der Waals surface area contributed by atoms with Gasteiger partial charge in [0.1, 0.15) is 24.2 Å². The van der Waals surface area contributed by atoms with Gasteiger partial charge < -0.3 is 9.90 Å². The molecule has 0 saturated heterocycles. The molecule has 144 valence electrons. The molecule has 1 saturated carbocycles. The van der Waals surface area contributed by atoms with Crippen molar-refractivity contribution >= 4 is 6.79 Å². The number of halogens is 3. The highest BCUT2D eigenvalue weighted by atomic mass is 19.1. The summed E-state index contributed by atoms with van der Waals surface area (Å²) in [6.07, 6.45) is 1.83. The summed E-state index contributed by atoms with van der Waals surface area (Å²) in [5, 5.41) is 11.1. The Hall–Kier alpha value is -2.22. The van der Waals surface area contributed by atoms with E-state index in [9.17, 15) is 13.2 Å². The van der Waals surface area contributed by atoms with Crippen LogP contribution < -0.4 is 0 Å². The Labute approximate surface area is 150 Å². The third-order valence-electron chi connectivity index (χ3n) is 3.90. The van der Waals surface area contributed by atoms with E-state index in [1.54, 1.807) is 6.92 Å². The summed E-state index contributed by atoms with van der Waals surface area (Å²) in [5.41, 5.74) is 0.374. The van der Waals surface area contributed by atoms with Crippen molar-refractivity contribution in [2.75, 3.05) is 7.11 Å². The average Bonchev–Trinajstić information content (AvgIpc) is 3.21. The fourth-order valence-corrected chi connectivity index (χ4v) is 2.50. The molecule has 0 amide bonds. The van der Waals surface area contributed by atoms with Gasteiger partial charge in [0.15, 0.2) is 12.0 Å². The number of fused-ring (bicyclic) bond motifs is 1. The summed E-state index contributed by atoms with van der Waals surface area (Å²) in [5.74, 6) is 0.410. The number of hydrogen-bond acceptors (Lipinski definition) is 4. The van der Waals surface area contributed by atoms with E-state index in [0.717, 1.165) is 19.1 Å². The van der Waals surface area contributed by atoms with E-state index in [1.165, 1.54) is 29.7 Å². The molecule has 5 nitrogen and oxygen atoms in total. The minimum atomic E-state index is -1.25. The average molecular weight is 371 g/mol. The van der Waals surface area contributed by atoms with E-state index in [0.29, 0.717) is 11.4 Å². The third-order valence-corrected chi connectivity index (χ3v) is 3.90. The van der Waals surface area contributed by atoms with Crippen molar-refractivity contribution in [3.8, 4) is 0 Å². The van der Waals surface area contributed by atoms with Crippen molar-refractivity contribution < 1.29 is 23.1 Å². The van der Waals surface area contributed by atoms with Gasteiger partial charge in [0.05, 0.1) is 6.04 Å². The number of aryl methyl sites for hydroxylation is 1. The number of aliphatic hydroxyl groups is 1. The van der Waals surface area contributed by atoms with Crippen LogP contribution in [0.1, 0.15) is 55.6 Å². The number of aliphatic hydroxyl groups excluding tert-OH is 1. The predicted octanol–water partition coefficient (Wildman–Crippen LogP) is 3.71. The van der Waals surface area contributed by atoms with Gasteiger partial charge in [-0.15, -0.1) is 0 Å². The zero-order valence-electron chi connectivity index (χ0n) is 15.1. The molecule has 2 aliphatic rings.